The number of rotatable bonds is 5. The number of nitrogens with zero attached hydrogens (tertiary/aromatic N) is 2. The average Bonchev–Trinajstić information content (AvgIpc) is 2.83. The number of benzene rings is 2. The van der Waals surface area contributed by atoms with Crippen LogP contribution in [0.1, 0.15) is 31.8 Å². The van der Waals surface area contributed by atoms with Crippen LogP contribution >= 0.6 is 0 Å². The molecule has 0 saturated carbocycles. The lowest BCUT2D eigenvalue weighted by Crippen LogP contribution is -2.50. The Bertz CT molecular complexity index is 1010. The van der Waals surface area contributed by atoms with Gasteiger partial charge in [-0.15, -0.1) is 0 Å². The third kappa shape index (κ3) is 4.81. The molecule has 3 N–H and O–H groups in total. The number of amides is 3. The number of carbonyl (C=O) groups excluding carboxylic acids is 3. The summed E-state index contributed by atoms with van der Waals surface area (Å²) in [4.78, 5) is 40.1. The second kappa shape index (κ2) is 9.50. The second-order valence-corrected chi connectivity index (χ2v) is 8.36. The number of piperazine rings is 1. The summed E-state index contributed by atoms with van der Waals surface area (Å²) in [6.45, 7) is 1.88. The molecule has 2 aliphatic rings. The summed E-state index contributed by atoms with van der Waals surface area (Å²) < 4.78 is 0. The van der Waals surface area contributed by atoms with Gasteiger partial charge < -0.3 is 25.5 Å². The van der Waals surface area contributed by atoms with Gasteiger partial charge in [-0.05, 0) is 41.8 Å². The van der Waals surface area contributed by atoms with Gasteiger partial charge in [0.15, 0.2) is 0 Å². The minimum Gasteiger partial charge on any atom is -0.390 e. The van der Waals surface area contributed by atoms with E-state index in [1.165, 1.54) is 16.0 Å². The van der Waals surface area contributed by atoms with E-state index in [-0.39, 0.29) is 36.9 Å². The van der Waals surface area contributed by atoms with Gasteiger partial charge in [-0.3, -0.25) is 14.4 Å². The summed E-state index contributed by atoms with van der Waals surface area (Å²) in [5, 5.41) is 16.6. The average molecular weight is 437 g/mol. The number of hydrogen-bond donors (Lipinski definition) is 3. The quantitative estimate of drug-likeness (QED) is 0.630. The number of carbonyl (C=O) groups is 3. The number of nitrogens with one attached hydrogen (secondary N) is 2. The molecule has 32 heavy (non-hydrogen) atoms. The highest BCUT2D eigenvalue weighted by atomic mass is 16.3. The normalized spacial score (nSPS) is 19.3. The molecule has 1 saturated heterocycles. The largest absolute Gasteiger partial charge is 0.390 e. The van der Waals surface area contributed by atoms with Crippen LogP contribution in [0.5, 0.6) is 0 Å². The van der Waals surface area contributed by atoms with Crippen LogP contribution in [0.4, 0.5) is 0 Å². The highest BCUT2D eigenvalue weighted by Gasteiger charge is 2.26. The Hall–Kier alpha value is -3.23. The molecule has 168 valence electrons. The first-order valence-corrected chi connectivity index (χ1v) is 10.8. The zero-order valence-corrected chi connectivity index (χ0v) is 18.1. The van der Waals surface area contributed by atoms with Gasteiger partial charge in [0.2, 0.25) is 5.91 Å². The number of fused-ring (bicyclic) bond motifs is 1. The van der Waals surface area contributed by atoms with Gasteiger partial charge in [-0.1, -0.05) is 24.3 Å². The highest BCUT2D eigenvalue weighted by molar-refractivity contribution is 5.99. The first-order chi connectivity index (χ1) is 15.4. The minimum atomic E-state index is -0.720. The first kappa shape index (κ1) is 22.0. The van der Waals surface area contributed by atoms with Crippen LogP contribution in [-0.4, -0.2) is 78.0 Å². The van der Waals surface area contributed by atoms with Crippen molar-refractivity contribution in [3.05, 3.63) is 70.8 Å². The van der Waals surface area contributed by atoms with Crippen molar-refractivity contribution in [2.75, 3.05) is 33.2 Å². The van der Waals surface area contributed by atoms with Gasteiger partial charge in [0.05, 0.1) is 6.10 Å². The minimum absolute atomic E-state index is 0.0646. The molecule has 1 fully saturated rings. The molecule has 8 nitrogen and oxygen atoms in total. The van der Waals surface area contributed by atoms with Crippen LogP contribution in [-0.2, 0) is 17.8 Å². The molecule has 0 radical (unpaired) electrons. The lowest BCUT2D eigenvalue weighted by molar-refractivity contribution is -0.133. The molecule has 0 bridgehead atoms. The summed E-state index contributed by atoms with van der Waals surface area (Å²) in [5.41, 5.74) is 3.29. The third-order valence-corrected chi connectivity index (χ3v) is 6.19. The number of aliphatic hydroxyl groups excluding tert-OH is 1. The standard InChI is InChI=1S/C24H28N4O4/c1-27-10-11-28(15-22(27)30)24(32)17-8-6-16(7-9-17)23(31)26-14-21(29)20-12-18-4-2-3-5-19(18)13-25-20/h2-9,20-21,25,29H,10-15H2,1H3,(H,26,31)/t20-,21+/m0/s1. The molecule has 0 aromatic heterocycles. The van der Waals surface area contributed by atoms with Gasteiger partial charge >= 0.3 is 0 Å². The van der Waals surface area contributed by atoms with E-state index in [4.69, 9.17) is 0 Å². The van der Waals surface area contributed by atoms with E-state index in [2.05, 4.69) is 22.8 Å². The fourth-order valence-corrected chi connectivity index (χ4v) is 4.07. The Morgan fingerprint density at radius 3 is 2.50 bits per heavy atom. The van der Waals surface area contributed by atoms with E-state index in [0.29, 0.717) is 37.2 Å². The summed E-state index contributed by atoms with van der Waals surface area (Å²) >= 11 is 0. The van der Waals surface area contributed by atoms with Crippen molar-refractivity contribution in [1.29, 1.82) is 0 Å². The number of likely N-dealkylation sites (N-methyl/N-ethyl adjacent to an activating group) is 1. The monoisotopic (exact) mass is 436 g/mol. The first-order valence-electron chi connectivity index (χ1n) is 10.8. The summed E-state index contributed by atoms with van der Waals surface area (Å²) in [6, 6.07) is 14.4. The van der Waals surface area contributed by atoms with Crippen molar-refractivity contribution in [2.24, 2.45) is 0 Å². The van der Waals surface area contributed by atoms with Crippen molar-refractivity contribution in [3.63, 3.8) is 0 Å². The van der Waals surface area contributed by atoms with Gasteiger partial charge in [0, 0.05) is 50.4 Å². The summed E-state index contributed by atoms with van der Waals surface area (Å²) in [7, 11) is 1.72. The fraction of sp³-hybridized carbons (Fsp3) is 0.375. The lowest BCUT2D eigenvalue weighted by Gasteiger charge is -2.32. The Morgan fingerprint density at radius 1 is 1.09 bits per heavy atom. The van der Waals surface area contributed by atoms with E-state index >= 15 is 0 Å². The molecule has 2 atom stereocenters. The Morgan fingerprint density at radius 2 is 1.78 bits per heavy atom. The van der Waals surface area contributed by atoms with Crippen LogP contribution in [0, 0.1) is 0 Å². The van der Waals surface area contributed by atoms with Crippen LogP contribution in [0.25, 0.3) is 0 Å². The number of hydrogen-bond acceptors (Lipinski definition) is 5. The third-order valence-electron chi connectivity index (χ3n) is 6.19. The van der Waals surface area contributed by atoms with Crippen LogP contribution in [0.15, 0.2) is 48.5 Å². The van der Waals surface area contributed by atoms with Crippen LogP contribution < -0.4 is 10.6 Å². The van der Waals surface area contributed by atoms with Crippen molar-refractivity contribution >= 4 is 17.7 Å². The molecule has 2 heterocycles. The Balaban J connectivity index is 1.29. The predicted molar refractivity (Wildman–Crippen MR) is 119 cm³/mol. The molecule has 0 spiro atoms. The topological polar surface area (TPSA) is 102 Å². The molecule has 2 aromatic rings. The van der Waals surface area contributed by atoms with Gasteiger partial charge in [0.25, 0.3) is 11.8 Å². The number of aliphatic hydroxyl groups is 1. The van der Waals surface area contributed by atoms with Crippen LogP contribution in [0.3, 0.4) is 0 Å². The van der Waals surface area contributed by atoms with Crippen molar-refractivity contribution in [1.82, 2.24) is 20.4 Å². The van der Waals surface area contributed by atoms with Gasteiger partial charge in [0.1, 0.15) is 6.54 Å². The van der Waals surface area contributed by atoms with Crippen molar-refractivity contribution < 1.29 is 19.5 Å². The smallest absolute Gasteiger partial charge is 0.254 e. The molecule has 4 rings (SSSR count). The Kier molecular flexibility index (Phi) is 6.53. The van der Waals surface area contributed by atoms with E-state index in [0.717, 1.165) is 0 Å². The van der Waals surface area contributed by atoms with E-state index < -0.39 is 6.10 Å². The molecule has 3 amide bonds. The van der Waals surface area contributed by atoms with Gasteiger partial charge in [-0.25, -0.2) is 0 Å². The van der Waals surface area contributed by atoms with Gasteiger partial charge in [-0.2, -0.15) is 0 Å². The molecular formula is C24H28N4O4. The summed E-state index contributed by atoms with van der Waals surface area (Å²) in [6.07, 6.45) is -0.0124. The predicted octanol–water partition coefficient (Wildman–Crippen LogP) is 0.406. The fourth-order valence-electron chi connectivity index (χ4n) is 4.07. The lowest BCUT2D eigenvalue weighted by atomic mass is 9.93. The van der Waals surface area contributed by atoms with E-state index in [9.17, 15) is 19.5 Å². The molecule has 0 aliphatic carbocycles. The van der Waals surface area contributed by atoms with E-state index in [1.807, 2.05) is 12.1 Å². The molecule has 2 aromatic carbocycles. The molecule has 2 aliphatic heterocycles. The molecular weight excluding hydrogens is 408 g/mol. The highest BCUT2D eigenvalue weighted by Crippen LogP contribution is 2.18. The second-order valence-electron chi connectivity index (χ2n) is 8.36. The zero-order chi connectivity index (χ0) is 22.7. The van der Waals surface area contributed by atoms with Crippen molar-refractivity contribution in [3.8, 4) is 0 Å². The molecule has 8 heteroatoms. The SMILES string of the molecule is CN1CCN(C(=O)c2ccc(C(=O)NC[C@@H](O)[C@@H]3Cc4ccccc4CN3)cc2)CC1=O. The maximum atomic E-state index is 12.6. The van der Waals surface area contributed by atoms with Crippen LogP contribution in [0.2, 0.25) is 0 Å². The maximum Gasteiger partial charge on any atom is 0.254 e. The molecule has 0 unspecified atom stereocenters. The Labute approximate surface area is 187 Å². The van der Waals surface area contributed by atoms with E-state index in [1.54, 1.807) is 36.2 Å². The summed E-state index contributed by atoms with van der Waals surface area (Å²) in [5.74, 6) is -0.624. The zero-order valence-electron chi connectivity index (χ0n) is 18.1. The van der Waals surface area contributed by atoms with Crippen molar-refractivity contribution in [2.45, 2.75) is 25.1 Å². The maximum absolute atomic E-state index is 12.6.